The second-order valence-electron chi connectivity index (χ2n) is 3.54. The molecule has 0 aliphatic heterocycles. The lowest BCUT2D eigenvalue weighted by molar-refractivity contribution is -0.136. The van der Waals surface area contributed by atoms with E-state index in [-0.39, 0.29) is 35.3 Å². The summed E-state index contributed by atoms with van der Waals surface area (Å²) >= 11 is 0. The first-order valence-corrected chi connectivity index (χ1v) is 5.10. The van der Waals surface area contributed by atoms with Gasteiger partial charge in [-0.25, -0.2) is 0 Å². The Balaban J connectivity index is 3.36. The molecule has 6 nitrogen and oxygen atoms in total. The van der Waals surface area contributed by atoms with Crippen molar-refractivity contribution in [2.24, 2.45) is 0 Å². The Bertz CT molecular complexity index is 492. The van der Waals surface area contributed by atoms with Crippen molar-refractivity contribution in [1.29, 1.82) is 0 Å². The smallest absolute Gasteiger partial charge is 0.303 e. The molecule has 0 bridgehead atoms. The van der Waals surface area contributed by atoms with E-state index >= 15 is 0 Å². The number of phenols is 1. The lowest BCUT2D eigenvalue weighted by atomic mass is 9.96. The van der Waals surface area contributed by atoms with Gasteiger partial charge < -0.3 is 14.9 Å². The highest BCUT2D eigenvalue weighted by atomic mass is 16.5. The first-order valence-electron chi connectivity index (χ1n) is 5.10. The van der Waals surface area contributed by atoms with E-state index in [2.05, 4.69) is 0 Å². The van der Waals surface area contributed by atoms with Gasteiger partial charge in [0.2, 0.25) is 0 Å². The molecule has 0 amide bonds. The number of aromatic hydroxyl groups is 1. The van der Waals surface area contributed by atoms with Gasteiger partial charge in [-0.1, -0.05) is 0 Å². The minimum atomic E-state index is -1.06. The van der Waals surface area contributed by atoms with E-state index in [1.165, 1.54) is 13.2 Å². The molecule has 0 unspecified atom stereocenters. The van der Waals surface area contributed by atoms with Gasteiger partial charge in [0, 0.05) is 12.0 Å². The van der Waals surface area contributed by atoms with Crippen LogP contribution in [0.2, 0.25) is 0 Å². The summed E-state index contributed by atoms with van der Waals surface area (Å²) in [4.78, 5) is 32.4. The summed E-state index contributed by atoms with van der Waals surface area (Å²) in [5.74, 6) is -1.45. The van der Waals surface area contributed by atoms with Crippen LogP contribution in [0.4, 0.5) is 0 Å². The summed E-state index contributed by atoms with van der Waals surface area (Å²) in [6.07, 6.45) is 0.608. The van der Waals surface area contributed by atoms with Crippen LogP contribution in [0.15, 0.2) is 6.07 Å². The highest BCUT2D eigenvalue weighted by Gasteiger charge is 2.18. The van der Waals surface area contributed by atoms with Crippen molar-refractivity contribution in [1.82, 2.24) is 0 Å². The van der Waals surface area contributed by atoms with Crippen molar-refractivity contribution < 1.29 is 29.3 Å². The standard InChI is InChI=1S/C12H12O6/c1-18-10-4-7(5-13)8(2-3-11(15)16)9(6-14)12(10)17/h4-6,17H,2-3H2,1H3,(H,15,16). The van der Waals surface area contributed by atoms with Gasteiger partial charge in [0.15, 0.2) is 17.8 Å². The van der Waals surface area contributed by atoms with E-state index in [1.807, 2.05) is 0 Å². The molecule has 0 fully saturated rings. The molecule has 0 aliphatic rings. The largest absolute Gasteiger partial charge is 0.504 e. The predicted octanol–water partition coefficient (Wildman–Crippen LogP) is 1.04. The summed E-state index contributed by atoms with van der Waals surface area (Å²) in [5.41, 5.74) is 0.228. The Hall–Kier alpha value is -2.37. The van der Waals surface area contributed by atoms with Crippen molar-refractivity contribution in [3.8, 4) is 11.5 Å². The van der Waals surface area contributed by atoms with Gasteiger partial charge in [-0.15, -0.1) is 0 Å². The van der Waals surface area contributed by atoms with Crippen molar-refractivity contribution in [2.75, 3.05) is 7.11 Å². The van der Waals surface area contributed by atoms with E-state index in [1.54, 1.807) is 0 Å². The van der Waals surface area contributed by atoms with Gasteiger partial charge in [-0.05, 0) is 18.1 Å². The zero-order valence-electron chi connectivity index (χ0n) is 9.67. The molecular formula is C12H12O6. The third-order valence-electron chi connectivity index (χ3n) is 2.50. The number of carbonyl (C=O) groups is 3. The Kier molecular flexibility index (Phi) is 4.42. The minimum Gasteiger partial charge on any atom is -0.504 e. The Labute approximate surface area is 103 Å². The number of rotatable bonds is 6. The Morgan fingerprint density at radius 1 is 1.39 bits per heavy atom. The molecule has 1 rings (SSSR count). The topological polar surface area (TPSA) is 101 Å². The van der Waals surface area contributed by atoms with Crippen LogP contribution in [-0.4, -0.2) is 35.9 Å². The van der Waals surface area contributed by atoms with Crippen molar-refractivity contribution in [2.45, 2.75) is 12.8 Å². The van der Waals surface area contributed by atoms with Gasteiger partial charge >= 0.3 is 5.97 Å². The van der Waals surface area contributed by atoms with Crippen molar-refractivity contribution in [3.63, 3.8) is 0 Å². The van der Waals surface area contributed by atoms with Gasteiger partial charge in [0.05, 0.1) is 12.7 Å². The fourth-order valence-electron chi connectivity index (χ4n) is 1.63. The molecule has 0 aliphatic carbocycles. The van der Waals surface area contributed by atoms with E-state index in [4.69, 9.17) is 9.84 Å². The number of benzene rings is 1. The van der Waals surface area contributed by atoms with Crippen LogP contribution in [-0.2, 0) is 11.2 Å². The fourth-order valence-corrected chi connectivity index (χ4v) is 1.63. The van der Waals surface area contributed by atoms with Gasteiger partial charge in [0.25, 0.3) is 0 Å². The minimum absolute atomic E-state index is 0.00160. The van der Waals surface area contributed by atoms with Crippen LogP contribution in [0, 0.1) is 0 Å². The van der Waals surface area contributed by atoms with Crippen LogP contribution in [0.3, 0.4) is 0 Å². The molecule has 0 heterocycles. The summed E-state index contributed by atoms with van der Waals surface area (Å²) in [6, 6.07) is 1.27. The molecule has 96 valence electrons. The SMILES string of the molecule is COc1cc(C=O)c(CCC(=O)O)c(C=O)c1O. The second kappa shape index (κ2) is 5.81. The molecule has 0 spiro atoms. The molecular weight excluding hydrogens is 240 g/mol. The first-order chi connectivity index (χ1) is 8.54. The number of methoxy groups -OCH3 is 1. The number of carboxylic acid groups (broad SMARTS) is 1. The molecule has 18 heavy (non-hydrogen) atoms. The van der Waals surface area contributed by atoms with Gasteiger partial charge in [-0.3, -0.25) is 14.4 Å². The molecule has 1 aromatic carbocycles. The quantitative estimate of drug-likeness (QED) is 0.733. The molecule has 0 saturated carbocycles. The number of carboxylic acids is 1. The molecule has 6 heteroatoms. The number of aldehydes is 2. The van der Waals surface area contributed by atoms with E-state index in [9.17, 15) is 19.5 Å². The van der Waals surface area contributed by atoms with Crippen LogP contribution >= 0.6 is 0 Å². The number of carbonyl (C=O) groups excluding carboxylic acids is 2. The maximum atomic E-state index is 11.0. The highest BCUT2D eigenvalue weighted by molar-refractivity contribution is 5.90. The van der Waals surface area contributed by atoms with Crippen LogP contribution in [0.25, 0.3) is 0 Å². The maximum absolute atomic E-state index is 11.0. The summed E-state index contributed by atoms with van der Waals surface area (Å²) in [7, 11) is 1.29. The van der Waals surface area contributed by atoms with Crippen LogP contribution < -0.4 is 4.74 Å². The number of hydrogen-bond donors (Lipinski definition) is 2. The monoisotopic (exact) mass is 252 g/mol. The predicted molar refractivity (Wildman–Crippen MR) is 61.4 cm³/mol. The first kappa shape index (κ1) is 13.7. The molecule has 0 atom stereocenters. The van der Waals surface area contributed by atoms with Crippen molar-refractivity contribution in [3.05, 3.63) is 22.8 Å². The zero-order valence-corrected chi connectivity index (χ0v) is 9.67. The lowest BCUT2D eigenvalue weighted by Crippen LogP contribution is -2.05. The average Bonchev–Trinajstić information content (AvgIpc) is 2.36. The van der Waals surface area contributed by atoms with Crippen LogP contribution in [0.5, 0.6) is 11.5 Å². The number of phenolic OH excluding ortho intramolecular Hbond substituents is 1. The van der Waals surface area contributed by atoms with E-state index in [0.29, 0.717) is 12.6 Å². The third kappa shape index (κ3) is 2.65. The van der Waals surface area contributed by atoms with Crippen LogP contribution in [0.1, 0.15) is 32.7 Å². The highest BCUT2D eigenvalue weighted by Crippen LogP contribution is 2.34. The fraction of sp³-hybridized carbons (Fsp3) is 0.250. The number of hydrogen-bond acceptors (Lipinski definition) is 5. The molecule has 1 aromatic rings. The molecule has 2 N–H and O–H groups in total. The Morgan fingerprint density at radius 3 is 2.50 bits per heavy atom. The summed E-state index contributed by atoms with van der Waals surface area (Å²) in [6.45, 7) is 0. The van der Waals surface area contributed by atoms with Crippen molar-refractivity contribution >= 4 is 18.5 Å². The molecule has 0 radical (unpaired) electrons. The van der Waals surface area contributed by atoms with Gasteiger partial charge in [0.1, 0.15) is 6.29 Å². The number of ether oxygens (including phenoxy) is 1. The third-order valence-corrected chi connectivity index (χ3v) is 2.50. The molecule has 0 saturated heterocycles. The summed E-state index contributed by atoms with van der Waals surface area (Å²) < 4.78 is 4.83. The average molecular weight is 252 g/mol. The lowest BCUT2D eigenvalue weighted by Gasteiger charge is -2.12. The zero-order chi connectivity index (χ0) is 13.7. The van der Waals surface area contributed by atoms with E-state index in [0.717, 1.165) is 0 Å². The maximum Gasteiger partial charge on any atom is 0.303 e. The normalized spacial score (nSPS) is 9.83. The Morgan fingerprint density at radius 2 is 2.06 bits per heavy atom. The van der Waals surface area contributed by atoms with Gasteiger partial charge in [-0.2, -0.15) is 0 Å². The summed E-state index contributed by atoms with van der Waals surface area (Å²) in [5, 5.41) is 18.3. The number of aliphatic carboxylic acids is 1. The van der Waals surface area contributed by atoms with E-state index < -0.39 is 11.7 Å². The second-order valence-corrected chi connectivity index (χ2v) is 3.54. The molecule has 0 aromatic heterocycles.